The first-order chi connectivity index (χ1) is 11.6. The molecule has 6 nitrogen and oxygen atoms in total. The Morgan fingerprint density at radius 3 is 2.50 bits per heavy atom. The van der Waals surface area contributed by atoms with Gasteiger partial charge in [0, 0.05) is 12.0 Å². The Kier molecular flexibility index (Phi) is 6.43. The number of nitrogens with zero attached hydrogens (tertiary/aromatic N) is 1. The molecule has 0 amide bonds. The van der Waals surface area contributed by atoms with Crippen LogP contribution in [0, 0.1) is 16.0 Å². The zero-order chi connectivity index (χ0) is 17.4. The van der Waals surface area contributed by atoms with E-state index in [2.05, 4.69) is 0 Å². The number of benzene rings is 1. The molecular weight excluding hydrogens is 310 g/mol. The maximum atomic E-state index is 11.4. The van der Waals surface area contributed by atoms with Crippen molar-refractivity contribution in [3.8, 4) is 0 Å². The fourth-order valence-electron chi connectivity index (χ4n) is 2.23. The van der Waals surface area contributed by atoms with E-state index in [0.29, 0.717) is 0 Å². The Morgan fingerprint density at radius 1 is 1.25 bits per heavy atom. The number of aliphatic hydroxyl groups is 2. The van der Waals surface area contributed by atoms with Crippen LogP contribution in [0.15, 0.2) is 60.2 Å². The monoisotopic (exact) mass is 331 g/mol. The van der Waals surface area contributed by atoms with Crippen molar-refractivity contribution in [2.45, 2.75) is 12.1 Å². The maximum Gasteiger partial charge on any atom is 0.348 e. The van der Waals surface area contributed by atoms with E-state index in [9.17, 15) is 10.1 Å². The average Bonchev–Trinajstić information content (AvgIpc) is 2.62. The lowest BCUT2D eigenvalue weighted by Gasteiger charge is -2.25. The summed E-state index contributed by atoms with van der Waals surface area (Å²) in [6.45, 7) is -0.648. The quantitative estimate of drug-likeness (QED) is 0.433. The predicted octanol–water partition coefficient (Wildman–Crippen LogP) is 2.18. The number of hydrogen-bond donors (Lipinski definition) is 2. The maximum absolute atomic E-state index is 11.4. The van der Waals surface area contributed by atoms with Crippen LogP contribution in [0.5, 0.6) is 0 Å². The summed E-state index contributed by atoms with van der Waals surface area (Å²) in [5.41, 5.74) is 0.260. The molecule has 2 N–H and O–H groups in total. The standard InChI is InChI=1S/C18H21NO5/c20-12-17(13-21)14-24-18(19(22)23)10-8-16(9-11-18)7-6-15-4-2-1-3-5-15/h1-10,17,20-21H,11-14H2. The van der Waals surface area contributed by atoms with Crippen LogP contribution in [0.25, 0.3) is 6.08 Å². The molecule has 2 rings (SSSR count). The van der Waals surface area contributed by atoms with Crippen LogP contribution in [0.2, 0.25) is 0 Å². The van der Waals surface area contributed by atoms with Gasteiger partial charge in [-0.25, -0.2) is 0 Å². The molecular formula is C18H21NO5. The summed E-state index contributed by atoms with van der Waals surface area (Å²) >= 11 is 0. The minimum absolute atomic E-state index is 0.0820. The van der Waals surface area contributed by atoms with Gasteiger partial charge >= 0.3 is 5.72 Å². The lowest BCUT2D eigenvalue weighted by Crippen LogP contribution is -2.41. The fraction of sp³-hybridized carbons (Fsp3) is 0.333. The third kappa shape index (κ3) is 4.61. The Labute approximate surface area is 140 Å². The number of hydrogen-bond acceptors (Lipinski definition) is 5. The SMILES string of the molecule is O=[N+]([O-])C1(OCC(CO)CO)C=CC(C=Cc2ccccc2)=CC1. The van der Waals surface area contributed by atoms with Crippen molar-refractivity contribution in [3.63, 3.8) is 0 Å². The highest BCUT2D eigenvalue weighted by molar-refractivity contribution is 5.55. The van der Waals surface area contributed by atoms with E-state index >= 15 is 0 Å². The zero-order valence-corrected chi connectivity index (χ0v) is 13.2. The van der Waals surface area contributed by atoms with E-state index in [0.717, 1.165) is 11.1 Å². The van der Waals surface area contributed by atoms with Gasteiger partial charge in [-0.3, -0.25) is 10.1 Å². The molecule has 0 saturated carbocycles. The van der Waals surface area contributed by atoms with Crippen molar-refractivity contribution in [2.75, 3.05) is 19.8 Å². The van der Waals surface area contributed by atoms with Gasteiger partial charge in [0.1, 0.15) is 0 Å². The largest absolute Gasteiger partial charge is 0.396 e. The van der Waals surface area contributed by atoms with Crippen molar-refractivity contribution >= 4 is 6.08 Å². The molecule has 0 spiro atoms. The first-order valence-electron chi connectivity index (χ1n) is 7.72. The van der Waals surface area contributed by atoms with E-state index in [-0.39, 0.29) is 26.2 Å². The van der Waals surface area contributed by atoms with Crippen molar-refractivity contribution in [1.29, 1.82) is 0 Å². The van der Waals surface area contributed by atoms with Crippen LogP contribution in [0.3, 0.4) is 0 Å². The van der Waals surface area contributed by atoms with Gasteiger partial charge in [0.15, 0.2) is 0 Å². The number of rotatable bonds is 8. The van der Waals surface area contributed by atoms with Gasteiger partial charge in [-0.1, -0.05) is 48.6 Å². The summed E-state index contributed by atoms with van der Waals surface area (Å²) in [6, 6.07) is 9.76. The van der Waals surface area contributed by atoms with Crippen LogP contribution in [-0.2, 0) is 4.74 Å². The van der Waals surface area contributed by atoms with Crippen LogP contribution in [0.1, 0.15) is 12.0 Å². The molecule has 6 heteroatoms. The first kappa shape index (κ1) is 18.1. The van der Waals surface area contributed by atoms with E-state index in [1.165, 1.54) is 6.08 Å². The molecule has 0 aromatic heterocycles. The Bertz CT molecular complexity index is 634. The smallest absolute Gasteiger partial charge is 0.348 e. The lowest BCUT2D eigenvalue weighted by molar-refractivity contribution is -0.613. The minimum Gasteiger partial charge on any atom is -0.396 e. The van der Waals surface area contributed by atoms with Crippen LogP contribution >= 0.6 is 0 Å². The second kappa shape index (κ2) is 8.54. The molecule has 1 aliphatic carbocycles. The van der Waals surface area contributed by atoms with Crippen molar-refractivity contribution in [3.05, 3.63) is 75.9 Å². The Balaban J connectivity index is 2.03. The highest BCUT2D eigenvalue weighted by Crippen LogP contribution is 2.27. The molecule has 24 heavy (non-hydrogen) atoms. The van der Waals surface area contributed by atoms with Gasteiger partial charge in [0.05, 0.1) is 31.2 Å². The number of ether oxygens (including phenoxy) is 1. The van der Waals surface area contributed by atoms with Crippen molar-refractivity contribution < 1.29 is 19.9 Å². The lowest BCUT2D eigenvalue weighted by atomic mass is 9.99. The van der Waals surface area contributed by atoms with Crippen molar-refractivity contribution in [2.24, 2.45) is 5.92 Å². The number of allylic oxidation sites excluding steroid dienone is 3. The fourth-order valence-corrected chi connectivity index (χ4v) is 2.23. The first-order valence-corrected chi connectivity index (χ1v) is 7.72. The van der Waals surface area contributed by atoms with Crippen LogP contribution in [0.4, 0.5) is 0 Å². The summed E-state index contributed by atoms with van der Waals surface area (Å²) in [4.78, 5) is 10.9. The van der Waals surface area contributed by atoms with Crippen molar-refractivity contribution in [1.82, 2.24) is 0 Å². The molecule has 0 radical (unpaired) electrons. The molecule has 1 aliphatic rings. The normalized spacial score (nSPS) is 20.5. The zero-order valence-electron chi connectivity index (χ0n) is 13.2. The summed E-state index contributed by atoms with van der Waals surface area (Å²) in [6.07, 6.45) is 8.73. The van der Waals surface area contributed by atoms with E-state index in [1.807, 2.05) is 42.5 Å². The van der Waals surface area contributed by atoms with Crippen LogP contribution < -0.4 is 0 Å². The summed E-state index contributed by atoms with van der Waals surface area (Å²) in [7, 11) is 0. The minimum atomic E-state index is -1.65. The summed E-state index contributed by atoms with van der Waals surface area (Å²) < 4.78 is 5.41. The van der Waals surface area contributed by atoms with Gasteiger partial charge in [-0.05, 0) is 17.2 Å². The second-order valence-electron chi connectivity index (χ2n) is 5.63. The topological polar surface area (TPSA) is 92.8 Å². The van der Waals surface area contributed by atoms with Gasteiger partial charge in [0.2, 0.25) is 0 Å². The molecule has 1 aromatic rings. The molecule has 128 valence electrons. The third-order valence-corrected chi connectivity index (χ3v) is 3.83. The summed E-state index contributed by atoms with van der Waals surface area (Å²) in [5.74, 6) is -0.529. The summed E-state index contributed by atoms with van der Waals surface area (Å²) in [5, 5.41) is 29.5. The molecule has 0 bridgehead atoms. The highest BCUT2D eigenvalue weighted by Gasteiger charge is 2.42. The van der Waals surface area contributed by atoms with E-state index < -0.39 is 16.6 Å². The molecule has 1 aromatic carbocycles. The van der Waals surface area contributed by atoms with Crippen LogP contribution in [-0.4, -0.2) is 40.7 Å². The van der Waals surface area contributed by atoms with Gasteiger partial charge in [0.25, 0.3) is 0 Å². The molecule has 0 aliphatic heterocycles. The van der Waals surface area contributed by atoms with E-state index in [4.69, 9.17) is 14.9 Å². The van der Waals surface area contributed by atoms with E-state index in [1.54, 1.807) is 12.2 Å². The van der Waals surface area contributed by atoms with Gasteiger partial charge < -0.3 is 14.9 Å². The molecule has 1 unspecified atom stereocenters. The number of aliphatic hydroxyl groups excluding tert-OH is 2. The molecule has 0 saturated heterocycles. The Hall–Kier alpha value is -2.28. The molecule has 1 atom stereocenters. The van der Waals surface area contributed by atoms with Gasteiger partial charge in [-0.2, -0.15) is 0 Å². The highest BCUT2D eigenvalue weighted by atomic mass is 16.7. The predicted molar refractivity (Wildman–Crippen MR) is 90.7 cm³/mol. The third-order valence-electron chi connectivity index (χ3n) is 3.83. The average molecular weight is 331 g/mol. The Morgan fingerprint density at radius 2 is 1.96 bits per heavy atom. The van der Waals surface area contributed by atoms with Gasteiger partial charge in [-0.15, -0.1) is 0 Å². The molecule has 0 fully saturated rings. The molecule has 0 heterocycles. The number of nitro groups is 1. The second-order valence-corrected chi connectivity index (χ2v) is 5.63.